The van der Waals surface area contributed by atoms with Gasteiger partial charge < -0.3 is 24.4 Å². The average molecular weight is 649 g/mol. The summed E-state index contributed by atoms with van der Waals surface area (Å²) >= 11 is 6.37. The van der Waals surface area contributed by atoms with Crippen molar-refractivity contribution in [2.75, 3.05) is 54.4 Å². The Morgan fingerprint density at radius 3 is 2.57 bits per heavy atom. The van der Waals surface area contributed by atoms with E-state index >= 15 is 0 Å². The van der Waals surface area contributed by atoms with Crippen LogP contribution in [0.5, 0.6) is 0 Å². The van der Waals surface area contributed by atoms with Gasteiger partial charge in [-0.2, -0.15) is 0 Å². The van der Waals surface area contributed by atoms with Gasteiger partial charge in [0.25, 0.3) is 6.02 Å². The van der Waals surface area contributed by atoms with E-state index in [1.165, 1.54) is 0 Å². The molecule has 1 N–H and O–H groups in total. The van der Waals surface area contributed by atoms with Gasteiger partial charge in [-0.05, 0) is 91.1 Å². The second-order valence-corrected chi connectivity index (χ2v) is 14.1. The molecule has 10 heteroatoms. The number of halogens is 1. The summed E-state index contributed by atoms with van der Waals surface area (Å²) in [5.74, 6) is 0.0611. The lowest BCUT2D eigenvalue weighted by Gasteiger charge is -2.43. The molecule has 9 nitrogen and oxygen atoms in total. The highest BCUT2D eigenvalue weighted by Gasteiger charge is 2.44. The Hall–Kier alpha value is -3.40. The fraction of sp³-hybridized carbons (Fsp3) is 0.528. The molecule has 3 heterocycles. The number of carbonyl (C=O) groups is 2. The molecule has 1 aromatic heterocycles. The van der Waals surface area contributed by atoms with E-state index in [-0.39, 0.29) is 23.8 Å². The third-order valence-electron chi connectivity index (χ3n) is 9.25. The fourth-order valence-corrected chi connectivity index (χ4v) is 6.82. The van der Waals surface area contributed by atoms with Crippen LogP contribution in [0.1, 0.15) is 56.8 Å². The molecule has 0 spiro atoms. The van der Waals surface area contributed by atoms with E-state index in [1.807, 2.05) is 60.3 Å². The number of H-pyrrole nitrogens is 1. The van der Waals surface area contributed by atoms with E-state index in [9.17, 15) is 9.59 Å². The first kappa shape index (κ1) is 33.9. The highest BCUT2D eigenvalue weighted by Crippen LogP contribution is 2.38. The number of aliphatic imine (C=N–C) groups is 1. The van der Waals surface area contributed by atoms with Crippen LogP contribution in [0.4, 0.5) is 0 Å². The van der Waals surface area contributed by atoms with Crippen LogP contribution in [0, 0.1) is 0 Å². The number of ether oxygens (including phenoxy) is 1. The van der Waals surface area contributed by atoms with Crippen molar-refractivity contribution in [1.82, 2.24) is 24.6 Å². The number of ketones is 1. The SMILES string of the molecule is CN(C)CCCC[C@H](C(=O)N1CCN(C2=NC(C)(C)C(c3ccccc3)O2)C[C@H]1C(=O)CCc1ccc2[nH]cc(Cl)c2c1)N(C)C. The first-order valence-corrected chi connectivity index (χ1v) is 16.8. The lowest BCUT2D eigenvalue weighted by atomic mass is 9.93. The predicted molar refractivity (Wildman–Crippen MR) is 185 cm³/mol. The molecular weight excluding hydrogens is 600 g/mol. The Morgan fingerprint density at radius 2 is 1.85 bits per heavy atom. The summed E-state index contributed by atoms with van der Waals surface area (Å²) in [6, 6.07) is 15.9. The van der Waals surface area contributed by atoms with Gasteiger partial charge in [0.1, 0.15) is 11.6 Å². The number of aryl methyl sites for hydroxylation is 1. The number of unbranched alkanes of at least 4 members (excludes halogenated alkanes) is 1. The van der Waals surface area contributed by atoms with Gasteiger partial charge in [-0.15, -0.1) is 0 Å². The maximum Gasteiger partial charge on any atom is 0.288 e. The lowest BCUT2D eigenvalue weighted by Crippen LogP contribution is -2.62. The molecule has 1 amide bonds. The van der Waals surface area contributed by atoms with E-state index in [4.69, 9.17) is 21.3 Å². The Bertz CT molecular complexity index is 1530. The number of aromatic nitrogens is 1. The van der Waals surface area contributed by atoms with E-state index in [0.29, 0.717) is 43.5 Å². The van der Waals surface area contributed by atoms with Crippen molar-refractivity contribution in [2.45, 2.75) is 69.7 Å². The number of hydrogen-bond donors (Lipinski definition) is 1. The van der Waals surface area contributed by atoms with Gasteiger partial charge in [-0.25, -0.2) is 4.99 Å². The number of piperazine rings is 1. The molecule has 1 fully saturated rings. The van der Waals surface area contributed by atoms with E-state index < -0.39 is 11.6 Å². The van der Waals surface area contributed by atoms with Gasteiger partial charge in [0.05, 0.1) is 11.1 Å². The molecule has 1 unspecified atom stereocenters. The standard InChI is InChI=1S/C36H49ClN6O3/c1-36(2)33(26-12-8-7-9-13-26)46-35(39-36)42-20-21-43(34(45)30(41(5)6)14-10-11-19-40(3)4)31(24-42)32(44)18-16-25-15-17-29-27(22-25)28(37)23-38-29/h7-9,12-13,15,17,22-23,30-31,33,38H,10-11,14,16,18-21,24H2,1-6H3/t30-,31+,33?/m1/s1. The fourth-order valence-electron chi connectivity index (χ4n) is 6.61. The summed E-state index contributed by atoms with van der Waals surface area (Å²) in [6.45, 7) is 6.47. The second kappa shape index (κ2) is 14.6. The third kappa shape index (κ3) is 7.76. The summed E-state index contributed by atoms with van der Waals surface area (Å²) < 4.78 is 6.50. The number of amidine groups is 1. The Morgan fingerprint density at radius 1 is 1.09 bits per heavy atom. The van der Waals surface area contributed by atoms with E-state index in [0.717, 1.165) is 47.8 Å². The van der Waals surface area contributed by atoms with Crippen molar-refractivity contribution in [3.05, 3.63) is 70.9 Å². The summed E-state index contributed by atoms with van der Waals surface area (Å²) in [6.07, 6.45) is 5.14. The van der Waals surface area contributed by atoms with Crippen LogP contribution in [0.15, 0.2) is 59.7 Å². The number of hydrogen-bond acceptors (Lipinski definition) is 7. The maximum atomic E-state index is 14.2. The molecule has 2 aliphatic rings. The van der Waals surface area contributed by atoms with E-state index in [2.05, 4.69) is 54.9 Å². The van der Waals surface area contributed by atoms with Crippen molar-refractivity contribution < 1.29 is 14.3 Å². The zero-order valence-electron chi connectivity index (χ0n) is 28.1. The minimum absolute atomic E-state index is 0.0187. The number of benzene rings is 2. The summed E-state index contributed by atoms with van der Waals surface area (Å²) in [7, 11) is 8.04. The zero-order valence-corrected chi connectivity index (χ0v) is 28.9. The first-order valence-electron chi connectivity index (χ1n) is 16.4. The van der Waals surface area contributed by atoms with Crippen LogP contribution < -0.4 is 0 Å². The predicted octanol–water partition coefficient (Wildman–Crippen LogP) is 5.40. The monoisotopic (exact) mass is 648 g/mol. The van der Waals surface area contributed by atoms with Crippen LogP contribution in [-0.2, 0) is 20.7 Å². The quantitative estimate of drug-likeness (QED) is 0.265. The number of aromatic amines is 1. The van der Waals surface area contributed by atoms with Crippen LogP contribution in [0.3, 0.4) is 0 Å². The number of amides is 1. The molecule has 3 atom stereocenters. The molecule has 0 bridgehead atoms. The molecule has 1 saturated heterocycles. The van der Waals surface area contributed by atoms with Crippen molar-refractivity contribution in [3.8, 4) is 0 Å². The lowest BCUT2D eigenvalue weighted by molar-refractivity contribution is -0.146. The summed E-state index contributed by atoms with van der Waals surface area (Å²) in [4.78, 5) is 44.5. The number of fused-ring (bicyclic) bond motifs is 1. The van der Waals surface area contributed by atoms with Crippen LogP contribution in [0.2, 0.25) is 5.02 Å². The maximum absolute atomic E-state index is 14.2. The number of nitrogens with zero attached hydrogens (tertiary/aromatic N) is 5. The highest BCUT2D eigenvalue weighted by molar-refractivity contribution is 6.35. The van der Waals surface area contributed by atoms with Gasteiger partial charge in [0.2, 0.25) is 5.91 Å². The smallest absolute Gasteiger partial charge is 0.288 e. The molecule has 2 aromatic carbocycles. The number of rotatable bonds is 12. The Labute approximate surface area is 278 Å². The number of likely N-dealkylation sites (N-methyl/N-ethyl adjacent to an activating group) is 1. The van der Waals surface area contributed by atoms with Crippen molar-refractivity contribution >= 4 is 40.2 Å². The molecule has 0 radical (unpaired) electrons. The molecular formula is C36H49ClN6O3. The largest absolute Gasteiger partial charge is 0.454 e. The summed E-state index contributed by atoms with van der Waals surface area (Å²) in [5.41, 5.74) is 2.60. The topological polar surface area (TPSA) is 84.5 Å². The van der Waals surface area contributed by atoms with Gasteiger partial charge in [-0.3, -0.25) is 14.5 Å². The molecule has 0 aliphatic carbocycles. The van der Waals surface area contributed by atoms with Crippen LogP contribution >= 0.6 is 11.6 Å². The zero-order chi connectivity index (χ0) is 33.0. The van der Waals surface area contributed by atoms with Crippen molar-refractivity contribution in [1.29, 1.82) is 0 Å². The number of Topliss-reactive ketones (excluding diaryl/α,β-unsaturated/α-hetero) is 1. The van der Waals surface area contributed by atoms with Gasteiger partial charge in [0, 0.05) is 43.2 Å². The molecule has 46 heavy (non-hydrogen) atoms. The highest BCUT2D eigenvalue weighted by atomic mass is 35.5. The van der Waals surface area contributed by atoms with Crippen molar-refractivity contribution in [3.63, 3.8) is 0 Å². The number of nitrogens with one attached hydrogen (secondary N) is 1. The Balaban J connectivity index is 1.35. The Kier molecular flexibility index (Phi) is 10.8. The number of carbonyl (C=O) groups excluding carboxylic acids is 2. The van der Waals surface area contributed by atoms with Crippen LogP contribution in [0.25, 0.3) is 10.9 Å². The average Bonchev–Trinajstić information content (AvgIpc) is 3.57. The van der Waals surface area contributed by atoms with Gasteiger partial charge >= 0.3 is 0 Å². The molecule has 5 rings (SSSR count). The van der Waals surface area contributed by atoms with Crippen LogP contribution in [-0.4, -0.2) is 114 Å². The first-order chi connectivity index (χ1) is 21.9. The minimum atomic E-state index is -0.602. The van der Waals surface area contributed by atoms with Crippen molar-refractivity contribution in [2.24, 2.45) is 4.99 Å². The molecule has 2 aliphatic heterocycles. The van der Waals surface area contributed by atoms with E-state index in [1.54, 1.807) is 6.20 Å². The van der Waals surface area contributed by atoms with Gasteiger partial charge in [0.15, 0.2) is 11.9 Å². The molecule has 3 aromatic rings. The normalized spacial score (nSPS) is 20.3. The molecule has 248 valence electrons. The molecule has 0 saturated carbocycles. The second-order valence-electron chi connectivity index (χ2n) is 13.7. The minimum Gasteiger partial charge on any atom is -0.454 e. The van der Waals surface area contributed by atoms with Gasteiger partial charge in [-0.1, -0.05) is 54.4 Å². The summed E-state index contributed by atoms with van der Waals surface area (Å²) in [5, 5.41) is 1.61. The third-order valence-corrected chi connectivity index (χ3v) is 9.57.